The second kappa shape index (κ2) is 14.9. The van der Waals surface area contributed by atoms with Crippen LogP contribution < -0.4 is 5.32 Å². The minimum atomic E-state index is -1.86. The summed E-state index contributed by atoms with van der Waals surface area (Å²) in [5.74, 6) is -0.638. The Bertz CT molecular complexity index is 980. The highest BCUT2D eigenvalue weighted by Gasteiger charge is 2.54. The van der Waals surface area contributed by atoms with E-state index in [1.165, 1.54) is 20.8 Å². The minimum Gasteiger partial charge on any atom is -0.394 e. The van der Waals surface area contributed by atoms with Crippen molar-refractivity contribution in [1.29, 1.82) is 0 Å². The van der Waals surface area contributed by atoms with E-state index in [1.54, 1.807) is 0 Å². The van der Waals surface area contributed by atoms with E-state index in [0.717, 1.165) is 6.92 Å². The number of aliphatic hydroxyl groups is 10. The SMILES string of the molecule is CC(=O)N[C@H]1[C@H](O[C@@H]2[C@@H](O)[C@H](C)O[C@@H](O)[C@@H]2O[C@@H]2O[C@@H](C)[C@H](O)[C@@H](O[C@@H]3O[C@@H](C)[C@H](O)[C@@H](O)[C@H]3O)[C@H]2O)O[C@H](CO)[C@@H](O)[C@@H]1O. The molecule has 20 atom stereocenters. The normalized spacial score (nSPS) is 52.8. The molecule has 0 unspecified atom stereocenters. The average molecular weight is 660 g/mol. The van der Waals surface area contributed by atoms with Crippen LogP contribution in [0.15, 0.2) is 0 Å². The van der Waals surface area contributed by atoms with Gasteiger partial charge in [0, 0.05) is 6.92 Å². The highest BCUT2D eigenvalue weighted by atomic mass is 16.8. The van der Waals surface area contributed by atoms with E-state index in [1.807, 2.05) is 0 Å². The lowest BCUT2D eigenvalue weighted by atomic mass is 9.95. The van der Waals surface area contributed by atoms with Crippen LogP contribution in [0.3, 0.4) is 0 Å². The summed E-state index contributed by atoms with van der Waals surface area (Å²) in [7, 11) is 0. The summed E-state index contributed by atoms with van der Waals surface area (Å²) in [4.78, 5) is 11.9. The first-order valence-corrected chi connectivity index (χ1v) is 14.7. The van der Waals surface area contributed by atoms with Crippen LogP contribution in [0.2, 0.25) is 0 Å². The fourth-order valence-electron chi connectivity index (χ4n) is 5.75. The summed E-state index contributed by atoms with van der Waals surface area (Å²) >= 11 is 0. The van der Waals surface area contributed by atoms with Crippen molar-refractivity contribution < 1.29 is 89.0 Å². The maximum Gasteiger partial charge on any atom is 0.217 e. The molecule has 0 aliphatic carbocycles. The van der Waals surface area contributed by atoms with Crippen molar-refractivity contribution in [2.75, 3.05) is 6.61 Å². The Morgan fingerprint density at radius 2 is 1.09 bits per heavy atom. The van der Waals surface area contributed by atoms with Crippen molar-refractivity contribution in [2.45, 2.75) is 150 Å². The van der Waals surface area contributed by atoms with Gasteiger partial charge in [-0.3, -0.25) is 4.79 Å². The van der Waals surface area contributed by atoms with Crippen LogP contribution in [0.4, 0.5) is 0 Å². The molecule has 0 saturated carbocycles. The van der Waals surface area contributed by atoms with E-state index >= 15 is 0 Å². The highest BCUT2D eigenvalue weighted by molar-refractivity contribution is 5.73. The van der Waals surface area contributed by atoms with Crippen molar-refractivity contribution >= 4 is 5.91 Å². The molecule has 4 fully saturated rings. The summed E-state index contributed by atoms with van der Waals surface area (Å²) in [6.07, 6.45) is -29.3. The summed E-state index contributed by atoms with van der Waals surface area (Å²) in [6.45, 7) is 4.59. The van der Waals surface area contributed by atoms with Crippen LogP contribution in [0.25, 0.3) is 0 Å². The number of hydrogen-bond acceptors (Lipinski definition) is 18. The van der Waals surface area contributed by atoms with Gasteiger partial charge < -0.3 is 89.5 Å². The molecule has 262 valence electrons. The molecule has 0 spiro atoms. The van der Waals surface area contributed by atoms with Crippen molar-refractivity contribution in [1.82, 2.24) is 5.32 Å². The van der Waals surface area contributed by atoms with E-state index < -0.39 is 135 Å². The summed E-state index contributed by atoms with van der Waals surface area (Å²) < 4.78 is 39.4. The number of ether oxygens (including phenoxy) is 7. The third kappa shape index (κ3) is 7.60. The molecule has 4 rings (SSSR count). The fourth-order valence-corrected chi connectivity index (χ4v) is 5.75. The average Bonchev–Trinajstić information content (AvgIpc) is 2.98. The molecule has 0 aromatic carbocycles. The minimum absolute atomic E-state index is 0.638. The predicted molar refractivity (Wildman–Crippen MR) is 141 cm³/mol. The van der Waals surface area contributed by atoms with Gasteiger partial charge >= 0.3 is 0 Å². The Morgan fingerprint density at radius 3 is 1.69 bits per heavy atom. The number of carbonyl (C=O) groups excluding carboxylic acids is 1. The number of nitrogens with one attached hydrogen (secondary N) is 1. The number of rotatable bonds is 8. The maximum atomic E-state index is 11.9. The number of aliphatic hydroxyl groups excluding tert-OH is 10. The van der Waals surface area contributed by atoms with Gasteiger partial charge in [0.2, 0.25) is 5.91 Å². The summed E-state index contributed by atoms with van der Waals surface area (Å²) in [6, 6.07) is -1.41. The number of hydrogen-bond donors (Lipinski definition) is 11. The van der Waals surface area contributed by atoms with Gasteiger partial charge in [-0.2, -0.15) is 0 Å². The van der Waals surface area contributed by atoms with Crippen LogP contribution >= 0.6 is 0 Å². The second-order valence-corrected chi connectivity index (χ2v) is 11.8. The van der Waals surface area contributed by atoms with E-state index in [2.05, 4.69) is 5.32 Å². The Kier molecular flexibility index (Phi) is 12.1. The lowest BCUT2D eigenvalue weighted by Crippen LogP contribution is -2.68. The molecule has 4 saturated heterocycles. The van der Waals surface area contributed by atoms with E-state index in [9.17, 15) is 55.9 Å². The molecule has 4 heterocycles. The molecule has 19 nitrogen and oxygen atoms in total. The van der Waals surface area contributed by atoms with Crippen LogP contribution in [0, 0.1) is 0 Å². The molecule has 4 aliphatic heterocycles. The molecule has 4 aliphatic rings. The molecule has 45 heavy (non-hydrogen) atoms. The second-order valence-electron chi connectivity index (χ2n) is 11.8. The number of carbonyl (C=O) groups is 1. The summed E-state index contributed by atoms with van der Waals surface area (Å²) in [5, 5.41) is 107. The zero-order valence-corrected chi connectivity index (χ0v) is 25.0. The van der Waals surface area contributed by atoms with Gasteiger partial charge in [0.05, 0.1) is 24.9 Å². The standard InChI is InChI=1S/C26H45NO18/c1-6-12(30)17(35)18(36)25(40-6)43-20-13(31)8(3)41-26(19(20)37)45-22-21(14(32)7(2)39-23(22)38)44-24-11(27-9(4)29)16(34)15(33)10(5-28)42-24/h6-8,10-26,28,30-38H,5H2,1-4H3,(H,27,29)/t6-,7-,8-,10+,11+,12-,13-,14-,15+,16+,17+,18+,19+,20+,21+,22+,23+,24-,25-,26-/m0/s1. The first-order chi connectivity index (χ1) is 21.1. The first kappa shape index (κ1) is 36.6. The Labute approximate surface area is 257 Å². The number of amides is 1. The van der Waals surface area contributed by atoms with Crippen LogP contribution in [-0.4, -0.2) is 186 Å². The van der Waals surface area contributed by atoms with Gasteiger partial charge in [0.25, 0.3) is 0 Å². The van der Waals surface area contributed by atoms with Crippen molar-refractivity contribution in [3.63, 3.8) is 0 Å². The highest BCUT2D eigenvalue weighted by Crippen LogP contribution is 2.34. The van der Waals surface area contributed by atoms with Gasteiger partial charge in [-0.25, -0.2) is 0 Å². The Morgan fingerprint density at radius 1 is 0.578 bits per heavy atom. The third-order valence-electron chi connectivity index (χ3n) is 8.49. The zero-order valence-electron chi connectivity index (χ0n) is 25.0. The Hall–Kier alpha value is -1.21. The van der Waals surface area contributed by atoms with Crippen molar-refractivity contribution in [3.05, 3.63) is 0 Å². The molecule has 0 bridgehead atoms. The quantitative estimate of drug-likeness (QED) is 0.115. The van der Waals surface area contributed by atoms with Gasteiger partial charge in [-0.1, -0.05) is 0 Å². The lowest BCUT2D eigenvalue weighted by Gasteiger charge is -2.49. The third-order valence-corrected chi connectivity index (χ3v) is 8.49. The maximum absolute atomic E-state index is 11.9. The van der Waals surface area contributed by atoms with Gasteiger partial charge in [0.1, 0.15) is 79.3 Å². The first-order valence-electron chi connectivity index (χ1n) is 14.7. The molecular formula is C26H45NO18. The van der Waals surface area contributed by atoms with Crippen LogP contribution in [0.1, 0.15) is 27.7 Å². The molecule has 1 amide bonds. The largest absolute Gasteiger partial charge is 0.394 e. The molecule has 0 aromatic heterocycles. The van der Waals surface area contributed by atoms with Gasteiger partial charge in [-0.15, -0.1) is 0 Å². The van der Waals surface area contributed by atoms with Crippen molar-refractivity contribution in [2.24, 2.45) is 0 Å². The predicted octanol–water partition coefficient (Wildman–Crippen LogP) is -6.52. The van der Waals surface area contributed by atoms with E-state index in [4.69, 9.17) is 33.2 Å². The van der Waals surface area contributed by atoms with E-state index in [0.29, 0.717) is 0 Å². The smallest absolute Gasteiger partial charge is 0.217 e. The monoisotopic (exact) mass is 659 g/mol. The molecule has 19 heteroatoms. The fraction of sp³-hybridized carbons (Fsp3) is 0.962. The molecule has 0 radical (unpaired) electrons. The topological polar surface area (TPSA) is 296 Å². The molecular weight excluding hydrogens is 614 g/mol. The van der Waals surface area contributed by atoms with Gasteiger partial charge in [0.15, 0.2) is 25.2 Å². The molecule has 11 N–H and O–H groups in total. The van der Waals surface area contributed by atoms with Gasteiger partial charge in [-0.05, 0) is 20.8 Å². The summed E-state index contributed by atoms with van der Waals surface area (Å²) in [5.41, 5.74) is 0. The zero-order chi connectivity index (χ0) is 33.5. The lowest BCUT2D eigenvalue weighted by molar-refractivity contribution is -0.389. The molecule has 0 aromatic rings. The van der Waals surface area contributed by atoms with Crippen molar-refractivity contribution in [3.8, 4) is 0 Å². The van der Waals surface area contributed by atoms with Crippen LogP contribution in [-0.2, 0) is 38.0 Å². The van der Waals surface area contributed by atoms with E-state index in [-0.39, 0.29) is 0 Å². The Balaban J connectivity index is 1.56. The van der Waals surface area contributed by atoms with Crippen LogP contribution in [0.5, 0.6) is 0 Å².